The number of hydrogen-bond acceptors (Lipinski definition) is 3. The Balaban J connectivity index is 1.67. The Bertz CT molecular complexity index is 437. The van der Waals surface area contributed by atoms with Crippen LogP contribution in [0.5, 0.6) is 0 Å². The summed E-state index contributed by atoms with van der Waals surface area (Å²) in [5.74, 6) is -0.710. The molecule has 1 fully saturated rings. The van der Waals surface area contributed by atoms with Crippen molar-refractivity contribution in [1.82, 2.24) is 9.80 Å². The van der Waals surface area contributed by atoms with E-state index in [1.807, 2.05) is 18.2 Å². The molecule has 0 radical (unpaired) electrons. The summed E-state index contributed by atoms with van der Waals surface area (Å²) in [5, 5.41) is 8.67. The highest BCUT2D eigenvalue weighted by Gasteiger charge is 2.15. The third-order valence-electron chi connectivity index (χ3n) is 3.58. The van der Waals surface area contributed by atoms with Crippen LogP contribution in [0, 0.1) is 0 Å². The molecular formula is C16H22N2O2. The maximum Gasteiger partial charge on any atom is 0.304 e. The summed E-state index contributed by atoms with van der Waals surface area (Å²) in [6.07, 6.45) is 4.59. The van der Waals surface area contributed by atoms with Crippen LogP contribution in [0.4, 0.5) is 0 Å². The van der Waals surface area contributed by atoms with Gasteiger partial charge in [-0.2, -0.15) is 0 Å². The predicted octanol–water partition coefficient (Wildman–Crippen LogP) is 1.79. The monoisotopic (exact) mass is 274 g/mol. The molecule has 1 aliphatic heterocycles. The quantitative estimate of drug-likeness (QED) is 0.859. The van der Waals surface area contributed by atoms with Gasteiger partial charge in [-0.3, -0.25) is 9.69 Å². The molecule has 0 saturated carbocycles. The van der Waals surface area contributed by atoms with Crippen molar-refractivity contribution in [2.45, 2.75) is 6.42 Å². The topological polar surface area (TPSA) is 43.8 Å². The van der Waals surface area contributed by atoms with Crippen molar-refractivity contribution in [3.63, 3.8) is 0 Å². The normalized spacial score (nSPS) is 17.6. The van der Waals surface area contributed by atoms with Crippen LogP contribution in [-0.4, -0.2) is 60.1 Å². The standard InChI is InChI=1S/C16H22N2O2/c19-16(20)8-10-18-13-11-17(12-14-18)9-4-7-15-5-2-1-3-6-15/h1-7H,8-14H2,(H,19,20)/b7-4+. The lowest BCUT2D eigenvalue weighted by molar-refractivity contribution is -0.137. The van der Waals surface area contributed by atoms with E-state index in [1.54, 1.807) is 0 Å². The van der Waals surface area contributed by atoms with Gasteiger partial charge in [-0.05, 0) is 5.56 Å². The Morgan fingerprint density at radius 1 is 1.10 bits per heavy atom. The molecule has 1 aliphatic rings. The number of hydrogen-bond donors (Lipinski definition) is 1. The van der Waals surface area contributed by atoms with Gasteiger partial charge >= 0.3 is 5.97 Å². The van der Waals surface area contributed by atoms with E-state index in [4.69, 9.17) is 5.11 Å². The number of carboxylic acid groups (broad SMARTS) is 1. The van der Waals surface area contributed by atoms with Crippen LogP contribution in [0.3, 0.4) is 0 Å². The van der Waals surface area contributed by atoms with Gasteiger partial charge in [0.05, 0.1) is 6.42 Å². The first kappa shape index (κ1) is 14.8. The minimum atomic E-state index is -0.710. The van der Waals surface area contributed by atoms with Gasteiger partial charge in [0, 0.05) is 39.3 Å². The fourth-order valence-electron chi connectivity index (χ4n) is 2.35. The van der Waals surface area contributed by atoms with Gasteiger partial charge in [-0.15, -0.1) is 0 Å². The molecule has 108 valence electrons. The van der Waals surface area contributed by atoms with Gasteiger partial charge in [-0.1, -0.05) is 42.5 Å². The van der Waals surface area contributed by atoms with E-state index >= 15 is 0 Å². The van der Waals surface area contributed by atoms with Crippen molar-refractivity contribution >= 4 is 12.0 Å². The van der Waals surface area contributed by atoms with E-state index < -0.39 is 5.97 Å². The second-order valence-corrected chi connectivity index (χ2v) is 5.10. The number of nitrogens with zero attached hydrogens (tertiary/aromatic N) is 2. The molecule has 20 heavy (non-hydrogen) atoms. The van der Waals surface area contributed by atoms with Gasteiger partial charge < -0.3 is 10.0 Å². The number of piperazine rings is 1. The minimum Gasteiger partial charge on any atom is -0.481 e. The molecule has 1 aromatic rings. The van der Waals surface area contributed by atoms with E-state index in [0.29, 0.717) is 6.54 Å². The molecule has 4 nitrogen and oxygen atoms in total. The summed E-state index contributed by atoms with van der Waals surface area (Å²) >= 11 is 0. The Morgan fingerprint density at radius 2 is 1.75 bits per heavy atom. The lowest BCUT2D eigenvalue weighted by atomic mass is 10.2. The maximum atomic E-state index is 10.5. The molecule has 1 heterocycles. The molecule has 0 amide bonds. The minimum absolute atomic E-state index is 0.244. The van der Waals surface area contributed by atoms with Crippen LogP contribution in [0.15, 0.2) is 36.4 Å². The maximum absolute atomic E-state index is 10.5. The molecule has 0 aromatic heterocycles. The molecule has 0 atom stereocenters. The lowest BCUT2D eigenvalue weighted by Crippen LogP contribution is -2.46. The van der Waals surface area contributed by atoms with Crippen LogP contribution in [0.2, 0.25) is 0 Å². The Kier molecular flexibility index (Phi) is 5.77. The highest BCUT2D eigenvalue weighted by molar-refractivity contribution is 5.66. The lowest BCUT2D eigenvalue weighted by Gasteiger charge is -2.33. The molecule has 0 spiro atoms. The third-order valence-corrected chi connectivity index (χ3v) is 3.58. The van der Waals surface area contributed by atoms with Crippen LogP contribution in [-0.2, 0) is 4.79 Å². The van der Waals surface area contributed by atoms with Gasteiger partial charge in [0.2, 0.25) is 0 Å². The summed E-state index contributed by atoms with van der Waals surface area (Å²) in [7, 11) is 0. The zero-order valence-electron chi connectivity index (χ0n) is 11.7. The summed E-state index contributed by atoms with van der Waals surface area (Å²) in [5.41, 5.74) is 1.23. The fourth-order valence-corrected chi connectivity index (χ4v) is 2.35. The second-order valence-electron chi connectivity index (χ2n) is 5.10. The molecule has 0 aliphatic carbocycles. The first-order valence-electron chi connectivity index (χ1n) is 7.12. The average Bonchev–Trinajstić information content (AvgIpc) is 2.47. The first-order chi connectivity index (χ1) is 9.74. The number of rotatable bonds is 6. The predicted molar refractivity (Wildman–Crippen MR) is 80.6 cm³/mol. The fraction of sp³-hybridized carbons (Fsp3) is 0.438. The highest BCUT2D eigenvalue weighted by Crippen LogP contribution is 2.05. The zero-order valence-corrected chi connectivity index (χ0v) is 11.7. The number of carbonyl (C=O) groups is 1. The number of carboxylic acids is 1. The molecule has 1 N–H and O–H groups in total. The van der Waals surface area contributed by atoms with Crippen LogP contribution in [0.25, 0.3) is 6.08 Å². The summed E-state index contributed by atoms with van der Waals surface area (Å²) in [4.78, 5) is 15.2. The smallest absolute Gasteiger partial charge is 0.304 e. The molecule has 1 saturated heterocycles. The molecule has 2 rings (SSSR count). The third kappa shape index (κ3) is 5.15. The van der Waals surface area contributed by atoms with E-state index in [9.17, 15) is 4.79 Å². The first-order valence-corrected chi connectivity index (χ1v) is 7.12. The summed E-state index contributed by atoms with van der Waals surface area (Å²) in [6, 6.07) is 10.3. The second kappa shape index (κ2) is 7.82. The van der Waals surface area contributed by atoms with Crippen LogP contribution < -0.4 is 0 Å². The van der Waals surface area contributed by atoms with Crippen LogP contribution in [0.1, 0.15) is 12.0 Å². The molecule has 0 unspecified atom stereocenters. The van der Waals surface area contributed by atoms with Gasteiger partial charge in [0.25, 0.3) is 0 Å². The van der Waals surface area contributed by atoms with Gasteiger partial charge in [-0.25, -0.2) is 0 Å². The molecular weight excluding hydrogens is 252 g/mol. The highest BCUT2D eigenvalue weighted by atomic mass is 16.4. The van der Waals surface area contributed by atoms with Gasteiger partial charge in [0.1, 0.15) is 0 Å². The Morgan fingerprint density at radius 3 is 2.40 bits per heavy atom. The summed E-state index contributed by atoms with van der Waals surface area (Å²) < 4.78 is 0. The Hall–Kier alpha value is -1.65. The zero-order chi connectivity index (χ0) is 14.2. The van der Waals surface area contributed by atoms with Crippen molar-refractivity contribution in [1.29, 1.82) is 0 Å². The van der Waals surface area contributed by atoms with Crippen molar-refractivity contribution in [3.8, 4) is 0 Å². The molecule has 0 bridgehead atoms. The molecule has 1 aromatic carbocycles. The number of aliphatic carboxylic acids is 1. The summed E-state index contributed by atoms with van der Waals surface area (Å²) in [6.45, 7) is 5.58. The van der Waals surface area contributed by atoms with Gasteiger partial charge in [0.15, 0.2) is 0 Å². The van der Waals surface area contributed by atoms with Crippen LogP contribution >= 0.6 is 0 Å². The van der Waals surface area contributed by atoms with Crippen molar-refractivity contribution < 1.29 is 9.90 Å². The largest absolute Gasteiger partial charge is 0.481 e. The number of benzene rings is 1. The van der Waals surface area contributed by atoms with Crippen molar-refractivity contribution in [2.24, 2.45) is 0 Å². The van der Waals surface area contributed by atoms with Crippen molar-refractivity contribution in [2.75, 3.05) is 39.3 Å². The van der Waals surface area contributed by atoms with Crippen molar-refractivity contribution in [3.05, 3.63) is 42.0 Å². The SMILES string of the molecule is O=C(O)CCN1CCN(C/C=C/c2ccccc2)CC1. The van der Waals surface area contributed by atoms with E-state index in [0.717, 1.165) is 32.7 Å². The molecule has 4 heteroatoms. The van der Waals surface area contributed by atoms with E-state index in [1.165, 1.54) is 5.56 Å². The average molecular weight is 274 g/mol. The van der Waals surface area contributed by atoms with E-state index in [2.05, 4.69) is 34.1 Å². The Labute approximate surface area is 120 Å². The van der Waals surface area contributed by atoms with E-state index in [-0.39, 0.29) is 6.42 Å².